The highest BCUT2D eigenvalue weighted by Crippen LogP contribution is 2.37. The molecule has 0 radical (unpaired) electrons. The molecule has 2 atom stereocenters. The van der Waals surface area contributed by atoms with Crippen molar-refractivity contribution in [1.82, 2.24) is 15.5 Å². The number of carbonyl (C=O) groups excluding carboxylic acids is 2. The Hall–Kier alpha value is -2.68. The van der Waals surface area contributed by atoms with Gasteiger partial charge in [-0.3, -0.25) is 14.9 Å². The molecule has 0 aliphatic carbocycles. The van der Waals surface area contributed by atoms with Crippen LogP contribution in [0, 0.1) is 5.92 Å². The fourth-order valence-corrected chi connectivity index (χ4v) is 4.18. The number of nitrogens with zero attached hydrogens (tertiary/aromatic N) is 2. The maximum absolute atomic E-state index is 12.9. The lowest BCUT2D eigenvalue weighted by molar-refractivity contribution is -0.127. The Kier molecular flexibility index (Phi) is 8.84. The van der Waals surface area contributed by atoms with E-state index in [9.17, 15) is 9.59 Å². The summed E-state index contributed by atoms with van der Waals surface area (Å²) >= 11 is 1.27. The number of carbonyl (C=O) groups is 2. The van der Waals surface area contributed by atoms with Gasteiger partial charge in [-0.15, -0.1) is 10.2 Å². The number of rotatable bonds is 12. The normalized spacial score (nSPS) is 14.1. The van der Waals surface area contributed by atoms with E-state index >= 15 is 0 Å². The van der Waals surface area contributed by atoms with Crippen LogP contribution in [0.15, 0.2) is 18.2 Å². The molecular formula is C23H32N4O4S. The maximum atomic E-state index is 12.9. The van der Waals surface area contributed by atoms with Crippen LogP contribution in [0.1, 0.15) is 65.7 Å². The monoisotopic (exact) mass is 460 g/mol. The van der Waals surface area contributed by atoms with Crippen LogP contribution in [0.4, 0.5) is 5.13 Å². The summed E-state index contributed by atoms with van der Waals surface area (Å²) in [5.41, 5.74) is 0.835. The second-order valence-electron chi connectivity index (χ2n) is 8.06. The Bertz CT molecular complexity index is 917. The van der Waals surface area contributed by atoms with Gasteiger partial charge in [0.05, 0.1) is 0 Å². The Labute approximate surface area is 193 Å². The number of hydrogen-bond donors (Lipinski definition) is 2. The number of aromatic nitrogens is 2. The molecule has 2 aromatic rings. The third kappa shape index (κ3) is 6.41. The van der Waals surface area contributed by atoms with Crippen molar-refractivity contribution in [2.24, 2.45) is 5.92 Å². The average Bonchev–Trinajstić information content (AvgIpc) is 3.45. The predicted molar refractivity (Wildman–Crippen MR) is 125 cm³/mol. The van der Waals surface area contributed by atoms with Crippen LogP contribution >= 0.6 is 11.3 Å². The van der Waals surface area contributed by atoms with Gasteiger partial charge < -0.3 is 14.8 Å². The van der Waals surface area contributed by atoms with Crippen molar-refractivity contribution >= 4 is 28.3 Å². The molecule has 8 nitrogen and oxygen atoms in total. The number of benzene rings is 1. The van der Waals surface area contributed by atoms with Gasteiger partial charge in [-0.25, -0.2) is 0 Å². The maximum Gasteiger partial charge on any atom is 0.249 e. The zero-order chi connectivity index (χ0) is 22.9. The lowest BCUT2D eigenvalue weighted by Crippen LogP contribution is -2.47. The first-order valence-corrected chi connectivity index (χ1v) is 12.2. The van der Waals surface area contributed by atoms with Crippen LogP contribution in [0.2, 0.25) is 0 Å². The first kappa shape index (κ1) is 24.0. The van der Waals surface area contributed by atoms with Crippen molar-refractivity contribution in [1.29, 1.82) is 0 Å². The van der Waals surface area contributed by atoms with E-state index in [-0.39, 0.29) is 24.5 Å². The molecule has 1 aromatic heterocycles. The summed E-state index contributed by atoms with van der Waals surface area (Å²) in [6.07, 6.45) is 6.59. The lowest BCUT2D eigenvalue weighted by Gasteiger charge is -2.23. The number of nitrogens with one attached hydrogen (secondary N) is 2. The smallest absolute Gasteiger partial charge is 0.249 e. The predicted octanol–water partition coefficient (Wildman–Crippen LogP) is 4.76. The molecule has 2 heterocycles. The molecule has 174 valence electrons. The molecule has 2 N–H and O–H groups in total. The van der Waals surface area contributed by atoms with Crippen LogP contribution < -0.4 is 20.1 Å². The topological polar surface area (TPSA) is 102 Å². The fraction of sp³-hybridized carbons (Fsp3) is 0.565. The van der Waals surface area contributed by atoms with Gasteiger partial charge in [0.2, 0.25) is 23.7 Å². The van der Waals surface area contributed by atoms with Gasteiger partial charge in [0.15, 0.2) is 11.5 Å². The Morgan fingerprint density at radius 2 is 1.88 bits per heavy atom. The largest absolute Gasteiger partial charge is 0.454 e. The fourth-order valence-electron chi connectivity index (χ4n) is 3.44. The number of fused-ring (bicyclic) bond motifs is 1. The third-order valence-corrected chi connectivity index (χ3v) is 6.48. The minimum Gasteiger partial charge on any atom is -0.454 e. The van der Waals surface area contributed by atoms with Gasteiger partial charge in [0.25, 0.3) is 0 Å². The van der Waals surface area contributed by atoms with Gasteiger partial charge in [0.1, 0.15) is 11.0 Å². The molecule has 1 aliphatic rings. The summed E-state index contributed by atoms with van der Waals surface area (Å²) < 4.78 is 10.7. The molecule has 1 aromatic carbocycles. The molecule has 3 rings (SSSR count). The molecule has 9 heteroatoms. The molecule has 2 unspecified atom stereocenters. The zero-order valence-electron chi connectivity index (χ0n) is 19.0. The van der Waals surface area contributed by atoms with Crippen LogP contribution in [-0.4, -0.2) is 34.8 Å². The summed E-state index contributed by atoms with van der Waals surface area (Å²) in [6.45, 7) is 6.34. The van der Waals surface area contributed by atoms with E-state index in [0.717, 1.165) is 31.2 Å². The van der Waals surface area contributed by atoms with Crippen LogP contribution in [0.5, 0.6) is 11.5 Å². The van der Waals surface area contributed by atoms with Crippen molar-refractivity contribution in [3.05, 3.63) is 18.2 Å². The van der Waals surface area contributed by atoms with Crippen molar-refractivity contribution in [2.45, 2.75) is 71.8 Å². The first-order valence-electron chi connectivity index (χ1n) is 11.4. The molecule has 0 fully saturated rings. The minimum absolute atomic E-state index is 0.000271. The highest BCUT2D eigenvalue weighted by molar-refractivity contribution is 7.18. The third-order valence-electron chi connectivity index (χ3n) is 5.59. The van der Waals surface area contributed by atoms with E-state index < -0.39 is 6.04 Å². The average molecular weight is 461 g/mol. The summed E-state index contributed by atoms with van der Waals surface area (Å²) in [5.74, 6) is 1.01. The van der Waals surface area contributed by atoms with Crippen molar-refractivity contribution < 1.29 is 19.1 Å². The zero-order valence-corrected chi connectivity index (χ0v) is 19.8. The quantitative estimate of drug-likeness (QED) is 0.443. The van der Waals surface area contributed by atoms with Crippen molar-refractivity contribution in [2.75, 3.05) is 12.1 Å². The standard InChI is InChI=1S/C23H32N4O4S/c1-4-6-7-8-9-10-19(28)24-20(15(3)5-2)21(29)25-23-27-26-22(32-23)16-11-12-17-18(13-16)31-14-30-17/h11-13,15,20H,4-10,14H2,1-3H3,(H,24,28)(H,25,27,29). The van der Waals surface area contributed by atoms with Gasteiger partial charge in [-0.2, -0.15) is 0 Å². The summed E-state index contributed by atoms with van der Waals surface area (Å²) in [5, 5.41) is 15.1. The molecule has 2 amide bonds. The molecule has 0 saturated carbocycles. The highest BCUT2D eigenvalue weighted by Gasteiger charge is 2.27. The second-order valence-corrected chi connectivity index (χ2v) is 9.04. The summed E-state index contributed by atoms with van der Waals surface area (Å²) in [7, 11) is 0. The number of unbranched alkanes of at least 4 members (excludes halogenated alkanes) is 4. The summed E-state index contributed by atoms with van der Waals surface area (Å²) in [4.78, 5) is 25.3. The number of hydrogen-bond acceptors (Lipinski definition) is 7. The number of anilines is 1. The van der Waals surface area contributed by atoms with E-state index in [1.165, 1.54) is 24.2 Å². The Morgan fingerprint density at radius 1 is 1.09 bits per heavy atom. The molecule has 1 aliphatic heterocycles. The number of ether oxygens (including phenoxy) is 2. The van der Waals surface area contributed by atoms with E-state index in [0.29, 0.717) is 28.1 Å². The summed E-state index contributed by atoms with van der Waals surface area (Å²) in [6, 6.07) is 4.94. The van der Waals surface area contributed by atoms with Crippen LogP contribution in [0.25, 0.3) is 10.6 Å². The van der Waals surface area contributed by atoms with Gasteiger partial charge >= 0.3 is 0 Å². The second kappa shape index (κ2) is 11.8. The van der Waals surface area contributed by atoms with Crippen LogP contribution in [0.3, 0.4) is 0 Å². The van der Waals surface area contributed by atoms with Gasteiger partial charge in [0, 0.05) is 12.0 Å². The SMILES string of the molecule is CCCCCCCC(=O)NC(C(=O)Nc1nnc(-c2ccc3c(c2)OCO3)s1)C(C)CC. The van der Waals surface area contributed by atoms with Gasteiger partial charge in [-0.1, -0.05) is 64.2 Å². The molecule has 0 saturated heterocycles. The molecular weight excluding hydrogens is 428 g/mol. The van der Waals surface area contributed by atoms with E-state index in [2.05, 4.69) is 27.8 Å². The van der Waals surface area contributed by atoms with Crippen molar-refractivity contribution in [3.63, 3.8) is 0 Å². The molecule has 0 bridgehead atoms. The Morgan fingerprint density at radius 3 is 2.66 bits per heavy atom. The van der Waals surface area contributed by atoms with Crippen molar-refractivity contribution in [3.8, 4) is 22.1 Å². The van der Waals surface area contributed by atoms with Gasteiger partial charge in [-0.05, 0) is 30.5 Å². The minimum atomic E-state index is -0.610. The van der Waals surface area contributed by atoms with E-state index in [1.54, 1.807) is 0 Å². The molecule has 0 spiro atoms. The number of amides is 2. The Balaban J connectivity index is 1.58. The molecule has 32 heavy (non-hydrogen) atoms. The highest BCUT2D eigenvalue weighted by atomic mass is 32.1. The lowest BCUT2D eigenvalue weighted by atomic mass is 9.98. The first-order chi connectivity index (χ1) is 15.5. The van der Waals surface area contributed by atoms with Crippen LogP contribution in [-0.2, 0) is 9.59 Å². The van der Waals surface area contributed by atoms with E-state index in [1.807, 2.05) is 32.0 Å². The van der Waals surface area contributed by atoms with E-state index in [4.69, 9.17) is 9.47 Å².